The minimum atomic E-state index is -0.580. The molecule has 1 aromatic rings. The minimum absolute atomic E-state index is 0.0433. The van der Waals surface area contributed by atoms with Crippen LogP contribution >= 0.6 is 11.3 Å². The Morgan fingerprint density at radius 1 is 1.30 bits per heavy atom. The molecular weight excluding hydrogens is 274 g/mol. The Labute approximate surface area is 123 Å². The van der Waals surface area contributed by atoms with Crippen LogP contribution < -0.4 is 5.73 Å². The summed E-state index contributed by atoms with van der Waals surface area (Å²) < 4.78 is 0. The summed E-state index contributed by atoms with van der Waals surface area (Å²) in [5, 5.41) is 1.92. The van der Waals surface area contributed by atoms with Crippen molar-refractivity contribution in [2.75, 3.05) is 26.2 Å². The lowest BCUT2D eigenvalue weighted by Crippen LogP contribution is -2.41. The molecule has 1 unspecified atom stereocenters. The Balaban J connectivity index is 1.96. The molecule has 110 valence electrons. The molecule has 1 aliphatic heterocycles. The lowest BCUT2D eigenvalue weighted by Gasteiger charge is -2.24. The van der Waals surface area contributed by atoms with E-state index >= 15 is 0 Å². The van der Waals surface area contributed by atoms with Crippen molar-refractivity contribution in [1.82, 2.24) is 9.80 Å². The van der Waals surface area contributed by atoms with Gasteiger partial charge in [-0.2, -0.15) is 0 Å². The third kappa shape index (κ3) is 3.37. The van der Waals surface area contributed by atoms with Crippen LogP contribution in [0, 0.1) is 0 Å². The number of nitrogens with zero attached hydrogens (tertiary/aromatic N) is 2. The van der Waals surface area contributed by atoms with Gasteiger partial charge in [0, 0.05) is 37.5 Å². The number of rotatable bonds is 3. The SMILES string of the molecule is CCC(=O)N1CCCN(C(=O)C(N)c2cccs2)CC1. The Hall–Kier alpha value is -1.40. The Morgan fingerprint density at radius 3 is 2.65 bits per heavy atom. The van der Waals surface area contributed by atoms with E-state index in [4.69, 9.17) is 5.73 Å². The van der Waals surface area contributed by atoms with E-state index in [1.54, 1.807) is 4.90 Å². The number of carbonyl (C=O) groups is 2. The van der Waals surface area contributed by atoms with Gasteiger partial charge < -0.3 is 15.5 Å². The molecule has 0 saturated carbocycles. The number of amides is 2. The van der Waals surface area contributed by atoms with Gasteiger partial charge in [-0.15, -0.1) is 11.3 Å². The fraction of sp³-hybridized carbons (Fsp3) is 0.571. The van der Waals surface area contributed by atoms with Crippen LogP contribution in [0.25, 0.3) is 0 Å². The molecule has 2 heterocycles. The Bertz CT molecular complexity index is 461. The number of hydrogen-bond acceptors (Lipinski definition) is 4. The largest absolute Gasteiger partial charge is 0.341 e. The molecule has 5 nitrogen and oxygen atoms in total. The van der Waals surface area contributed by atoms with Crippen LogP contribution in [0.4, 0.5) is 0 Å². The molecule has 0 spiro atoms. The Kier molecular flexibility index (Phi) is 5.14. The van der Waals surface area contributed by atoms with E-state index in [0.29, 0.717) is 26.1 Å². The molecule has 1 atom stereocenters. The smallest absolute Gasteiger partial charge is 0.244 e. The number of hydrogen-bond donors (Lipinski definition) is 1. The van der Waals surface area contributed by atoms with Crippen LogP contribution in [0.5, 0.6) is 0 Å². The zero-order valence-corrected chi connectivity index (χ0v) is 12.6. The summed E-state index contributed by atoms with van der Waals surface area (Å²) in [6, 6.07) is 3.21. The lowest BCUT2D eigenvalue weighted by molar-refractivity contribution is -0.134. The summed E-state index contributed by atoms with van der Waals surface area (Å²) >= 11 is 1.50. The van der Waals surface area contributed by atoms with E-state index in [-0.39, 0.29) is 11.8 Å². The maximum Gasteiger partial charge on any atom is 0.244 e. The van der Waals surface area contributed by atoms with Crippen LogP contribution in [-0.4, -0.2) is 47.8 Å². The molecular formula is C14H21N3O2S. The quantitative estimate of drug-likeness (QED) is 0.911. The highest BCUT2D eigenvalue weighted by molar-refractivity contribution is 7.10. The van der Waals surface area contributed by atoms with Gasteiger partial charge in [0.1, 0.15) is 6.04 Å². The van der Waals surface area contributed by atoms with Crippen LogP contribution in [0.3, 0.4) is 0 Å². The molecule has 1 aromatic heterocycles. The van der Waals surface area contributed by atoms with Gasteiger partial charge in [0.2, 0.25) is 11.8 Å². The monoisotopic (exact) mass is 295 g/mol. The van der Waals surface area contributed by atoms with E-state index in [1.807, 2.05) is 29.3 Å². The summed E-state index contributed by atoms with van der Waals surface area (Å²) in [5.41, 5.74) is 6.02. The third-order valence-electron chi connectivity index (χ3n) is 3.58. The second-order valence-electron chi connectivity index (χ2n) is 4.91. The first kappa shape index (κ1) is 15.0. The van der Waals surface area contributed by atoms with Gasteiger partial charge in [-0.05, 0) is 17.9 Å². The van der Waals surface area contributed by atoms with Gasteiger partial charge in [-0.25, -0.2) is 0 Å². The summed E-state index contributed by atoms with van der Waals surface area (Å²) in [6.07, 6.45) is 1.33. The van der Waals surface area contributed by atoms with Gasteiger partial charge >= 0.3 is 0 Å². The predicted octanol–water partition coefficient (Wildman–Crippen LogP) is 1.22. The van der Waals surface area contributed by atoms with Gasteiger partial charge in [0.25, 0.3) is 0 Å². The van der Waals surface area contributed by atoms with Gasteiger partial charge in [-0.3, -0.25) is 9.59 Å². The van der Waals surface area contributed by atoms with E-state index in [9.17, 15) is 9.59 Å². The Morgan fingerprint density at radius 2 is 2.00 bits per heavy atom. The summed E-state index contributed by atoms with van der Waals surface area (Å²) in [6.45, 7) is 4.44. The van der Waals surface area contributed by atoms with E-state index in [2.05, 4.69) is 0 Å². The summed E-state index contributed by atoms with van der Waals surface area (Å²) in [5.74, 6) is 0.111. The van der Waals surface area contributed by atoms with Crippen molar-refractivity contribution in [2.45, 2.75) is 25.8 Å². The van der Waals surface area contributed by atoms with Gasteiger partial charge in [0.05, 0.1) is 0 Å². The second kappa shape index (κ2) is 6.85. The molecule has 20 heavy (non-hydrogen) atoms. The zero-order chi connectivity index (χ0) is 14.5. The standard InChI is InChI=1S/C14H21N3O2S/c1-2-12(18)16-6-4-7-17(9-8-16)14(19)13(15)11-5-3-10-20-11/h3,5,10,13H,2,4,6-9,15H2,1H3. The highest BCUT2D eigenvalue weighted by Gasteiger charge is 2.26. The third-order valence-corrected chi connectivity index (χ3v) is 4.53. The molecule has 0 aliphatic carbocycles. The molecule has 0 bridgehead atoms. The minimum Gasteiger partial charge on any atom is -0.341 e. The van der Waals surface area contributed by atoms with Crippen molar-refractivity contribution < 1.29 is 9.59 Å². The number of nitrogens with two attached hydrogens (primary N) is 1. The van der Waals surface area contributed by atoms with Crippen molar-refractivity contribution in [1.29, 1.82) is 0 Å². The van der Waals surface area contributed by atoms with Gasteiger partial charge in [-0.1, -0.05) is 13.0 Å². The zero-order valence-electron chi connectivity index (χ0n) is 11.7. The molecule has 2 rings (SSSR count). The first-order valence-electron chi connectivity index (χ1n) is 6.99. The van der Waals surface area contributed by atoms with Crippen molar-refractivity contribution in [3.05, 3.63) is 22.4 Å². The average Bonchev–Trinajstić information content (AvgIpc) is 2.89. The molecule has 2 N–H and O–H groups in total. The second-order valence-corrected chi connectivity index (χ2v) is 5.89. The maximum atomic E-state index is 12.4. The first-order valence-corrected chi connectivity index (χ1v) is 7.87. The lowest BCUT2D eigenvalue weighted by atomic mass is 10.2. The topological polar surface area (TPSA) is 66.6 Å². The molecule has 1 saturated heterocycles. The van der Waals surface area contributed by atoms with Crippen LogP contribution in [0.1, 0.15) is 30.7 Å². The van der Waals surface area contributed by atoms with Crippen molar-refractivity contribution in [2.24, 2.45) is 5.73 Å². The van der Waals surface area contributed by atoms with Crippen LogP contribution in [0.15, 0.2) is 17.5 Å². The maximum absolute atomic E-state index is 12.4. The molecule has 2 amide bonds. The van der Waals surface area contributed by atoms with Crippen molar-refractivity contribution >= 4 is 23.2 Å². The highest BCUT2D eigenvalue weighted by atomic mass is 32.1. The fourth-order valence-corrected chi connectivity index (χ4v) is 3.12. The van der Waals surface area contributed by atoms with E-state index < -0.39 is 6.04 Å². The van der Waals surface area contributed by atoms with Gasteiger partial charge in [0.15, 0.2) is 0 Å². The average molecular weight is 295 g/mol. The number of carbonyl (C=O) groups excluding carboxylic acids is 2. The van der Waals surface area contributed by atoms with Crippen molar-refractivity contribution in [3.63, 3.8) is 0 Å². The van der Waals surface area contributed by atoms with Crippen LogP contribution in [-0.2, 0) is 9.59 Å². The fourth-order valence-electron chi connectivity index (χ4n) is 2.40. The first-order chi connectivity index (χ1) is 9.63. The molecule has 0 aromatic carbocycles. The predicted molar refractivity (Wildman–Crippen MR) is 79.3 cm³/mol. The van der Waals surface area contributed by atoms with Crippen LogP contribution in [0.2, 0.25) is 0 Å². The van der Waals surface area contributed by atoms with Crippen molar-refractivity contribution in [3.8, 4) is 0 Å². The van der Waals surface area contributed by atoms with E-state index in [0.717, 1.165) is 17.8 Å². The molecule has 6 heteroatoms. The molecule has 0 radical (unpaired) electrons. The number of thiophene rings is 1. The summed E-state index contributed by atoms with van der Waals surface area (Å²) in [7, 11) is 0. The molecule has 1 aliphatic rings. The highest BCUT2D eigenvalue weighted by Crippen LogP contribution is 2.19. The molecule has 1 fully saturated rings. The normalized spacial score (nSPS) is 17.7. The van der Waals surface area contributed by atoms with E-state index in [1.165, 1.54) is 11.3 Å². The summed E-state index contributed by atoms with van der Waals surface area (Å²) in [4.78, 5) is 28.6.